The Morgan fingerprint density at radius 1 is 0.308 bits per heavy atom. The highest BCUT2D eigenvalue weighted by Gasteiger charge is 2.31. The minimum atomic E-state index is -1.90. The standard InChI is InChI=1S/C44H40O6P2/c1-5-19-35(20-6-1)45-51(46-36-21-7-2-8-22-36)49-41-31-29-33-17-13-15-27-39(33)43(41)44-40-28-16-14-18-34(40)30-32-42(44)50-52(47-37-23-9-3-10-24-37)48-38-25-11-4-12-26-38/h1-12,19-26,29-32H,13-18,27-28H2. The number of rotatable bonds is 13. The summed E-state index contributed by atoms with van der Waals surface area (Å²) in [5, 5.41) is 0. The molecule has 6 aromatic rings. The molecule has 0 fully saturated rings. The Bertz CT molecular complexity index is 1830. The van der Waals surface area contributed by atoms with E-state index in [0.717, 1.165) is 62.5 Å². The molecule has 6 aromatic carbocycles. The Labute approximate surface area is 308 Å². The minimum absolute atomic E-state index is 0.673. The van der Waals surface area contributed by atoms with Crippen molar-refractivity contribution in [1.82, 2.24) is 0 Å². The van der Waals surface area contributed by atoms with Gasteiger partial charge in [-0.25, -0.2) is 0 Å². The summed E-state index contributed by atoms with van der Waals surface area (Å²) in [6, 6.07) is 47.4. The molecule has 6 nitrogen and oxygen atoms in total. The number of aryl methyl sites for hydroxylation is 2. The van der Waals surface area contributed by atoms with Crippen molar-refractivity contribution < 1.29 is 27.1 Å². The fourth-order valence-electron chi connectivity index (χ4n) is 6.86. The summed E-state index contributed by atoms with van der Waals surface area (Å²) in [6.45, 7) is 0. The lowest BCUT2D eigenvalue weighted by Gasteiger charge is -2.29. The fraction of sp³-hybridized carbons (Fsp3) is 0.182. The van der Waals surface area contributed by atoms with Gasteiger partial charge in [-0.15, -0.1) is 0 Å². The van der Waals surface area contributed by atoms with Crippen molar-refractivity contribution >= 4 is 17.2 Å². The van der Waals surface area contributed by atoms with Crippen molar-refractivity contribution in [2.24, 2.45) is 0 Å². The van der Waals surface area contributed by atoms with E-state index in [-0.39, 0.29) is 0 Å². The van der Waals surface area contributed by atoms with Gasteiger partial charge in [-0.2, -0.15) is 0 Å². The number of fused-ring (bicyclic) bond motifs is 2. The van der Waals surface area contributed by atoms with Gasteiger partial charge in [0.05, 0.1) is 0 Å². The van der Waals surface area contributed by atoms with E-state index in [1.54, 1.807) is 0 Å². The molecule has 0 atom stereocenters. The lowest BCUT2D eigenvalue weighted by molar-refractivity contribution is 0.385. The van der Waals surface area contributed by atoms with E-state index in [9.17, 15) is 0 Å². The van der Waals surface area contributed by atoms with E-state index in [0.29, 0.717) is 34.5 Å². The van der Waals surface area contributed by atoms with Gasteiger partial charge in [-0.05, 0) is 134 Å². The van der Waals surface area contributed by atoms with E-state index in [1.165, 1.54) is 22.3 Å². The predicted octanol–water partition coefficient (Wildman–Crippen LogP) is 12.6. The van der Waals surface area contributed by atoms with Crippen molar-refractivity contribution in [2.75, 3.05) is 0 Å². The third-order valence-electron chi connectivity index (χ3n) is 9.28. The molecule has 8 rings (SSSR count). The molecule has 0 saturated carbocycles. The molecule has 0 radical (unpaired) electrons. The molecule has 0 N–H and O–H groups in total. The summed E-state index contributed by atoms with van der Waals surface area (Å²) in [7, 11) is -3.80. The monoisotopic (exact) mass is 726 g/mol. The molecule has 0 spiro atoms. The van der Waals surface area contributed by atoms with Crippen LogP contribution in [0.5, 0.6) is 34.5 Å². The number of hydrogen-bond donors (Lipinski definition) is 0. The molecule has 0 unspecified atom stereocenters. The van der Waals surface area contributed by atoms with Gasteiger partial charge < -0.3 is 27.1 Å². The highest BCUT2D eigenvalue weighted by atomic mass is 31.2. The Morgan fingerprint density at radius 2 is 0.615 bits per heavy atom. The maximum absolute atomic E-state index is 6.92. The Balaban J connectivity index is 1.24. The molecule has 0 aromatic heterocycles. The van der Waals surface area contributed by atoms with E-state index in [4.69, 9.17) is 27.1 Å². The highest BCUT2D eigenvalue weighted by molar-refractivity contribution is 7.43. The summed E-state index contributed by atoms with van der Waals surface area (Å²) < 4.78 is 39.6. The van der Waals surface area contributed by atoms with Gasteiger partial charge in [-0.1, -0.05) is 84.9 Å². The predicted molar refractivity (Wildman–Crippen MR) is 209 cm³/mol. The average Bonchev–Trinajstić information content (AvgIpc) is 3.19. The Kier molecular flexibility index (Phi) is 10.8. The third-order valence-corrected chi connectivity index (χ3v) is 11.4. The number of benzene rings is 6. The summed E-state index contributed by atoms with van der Waals surface area (Å²) >= 11 is 0. The first-order valence-electron chi connectivity index (χ1n) is 17.9. The molecule has 52 heavy (non-hydrogen) atoms. The number of hydrogen-bond acceptors (Lipinski definition) is 6. The zero-order chi connectivity index (χ0) is 35.0. The smallest absolute Gasteiger partial charge is 0.409 e. The molecule has 0 heterocycles. The topological polar surface area (TPSA) is 55.4 Å². The van der Waals surface area contributed by atoms with Gasteiger partial charge in [0.25, 0.3) is 0 Å². The van der Waals surface area contributed by atoms with Gasteiger partial charge in [-0.3, -0.25) is 0 Å². The second-order valence-electron chi connectivity index (χ2n) is 12.8. The van der Waals surface area contributed by atoms with Crippen LogP contribution in [0.3, 0.4) is 0 Å². The van der Waals surface area contributed by atoms with E-state index in [2.05, 4.69) is 24.3 Å². The van der Waals surface area contributed by atoms with Crippen LogP contribution in [-0.2, 0) is 25.7 Å². The van der Waals surface area contributed by atoms with Crippen molar-refractivity contribution in [1.29, 1.82) is 0 Å². The first-order valence-corrected chi connectivity index (χ1v) is 20.1. The lowest BCUT2D eigenvalue weighted by atomic mass is 9.80. The van der Waals surface area contributed by atoms with E-state index < -0.39 is 17.2 Å². The van der Waals surface area contributed by atoms with Crippen LogP contribution >= 0.6 is 17.2 Å². The second-order valence-corrected chi connectivity index (χ2v) is 14.8. The summed E-state index contributed by atoms with van der Waals surface area (Å²) in [4.78, 5) is 0. The largest absolute Gasteiger partial charge is 0.530 e. The van der Waals surface area contributed by atoms with E-state index >= 15 is 0 Å². The van der Waals surface area contributed by atoms with Gasteiger partial charge in [0.2, 0.25) is 0 Å². The van der Waals surface area contributed by atoms with Crippen molar-refractivity contribution in [3.8, 4) is 45.6 Å². The maximum Gasteiger partial charge on any atom is 0.530 e. The SMILES string of the molecule is c1ccc(OP(Oc2ccccc2)Oc2ccc3c(c2-c2c(OP(Oc4ccccc4)Oc4ccccc4)ccc4c2CCCC4)CCCC3)cc1. The van der Waals surface area contributed by atoms with Crippen LogP contribution in [0.2, 0.25) is 0 Å². The van der Waals surface area contributed by atoms with Crippen molar-refractivity contribution in [3.63, 3.8) is 0 Å². The van der Waals surface area contributed by atoms with Crippen LogP contribution in [-0.4, -0.2) is 0 Å². The molecular formula is C44H40O6P2. The molecule has 0 amide bonds. The molecule has 0 bridgehead atoms. The van der Waals surface area contributed by atoms with Gasteiger partial charge in [0, 0.05) is 11.1 Å². The normalized spacial score (nSPS) is 13.5. The first kappa shape index (κ1) is 34.1. The Morgan fingerprint density at radius 3 is 0.942 bits per heavy atom. The molecule has 2 aliphatic carbocycles. The molecule has 8 heteroatoms. The van der Waals surface area contributed by atoms with Gasteiger partial charge in [0.1, 0.15) is 34.5 Å². The fourth-order valence-corrected chi connectivity index (χ4v) is 8.88. The summed E-state index contributed by atoms with van der Waals surface area (Å²) in [5.41, 5.74) is 7.35. The zero-order valence-corrected chi connectivity index (χ0v) is 30.6. The molecule has 0 aliphatic heterocycles. The number of para-hydroxylation sites is 4. The van der Waals surface area contributed by atoms with Gasteiger partial charge >= 0.3 is 17.2 Å². The third kappa shape index (κ3) is 8.20. The molecular weight excluding hydrogens is 686 g/mol. The molecule has 2 aliphatic rings. The van der Waals surface area contributed by atoms with Crippen LogP contribution < -0.4 is 27.1 Å². The first-order chi connectivity index (χ1) is 25.8. The van der Waals surface area contributed by atoms with Crippen molar-refractivity contribution in [3.05, 3.63) is 168 Å². The lowest BCUT2D eigenvalue weighted by Crippen LogP contribution is -2.12. The average molecular weight is 727 g/mol. The summed E-state index contributed by atoms with van der Waals surface area (Å²) in [5.74, 6) is 4.11. The molecule has 262 valence electrons. The quantitative estimate of drug-likeness (QED) is 0.110. The van der Waals surface area contributed by atoms with Crippen LogP contribution in [0.25, 0.3) is 11.1 Å². The van der Waals surface area contributed by atoms with Gasteiger partial charge in [0.15, 0.2) is 0 Å². The van der Waals surface area contributed by atoms with Crippen LogP contribution in [0.4, 0.5) is 0 Å². The van der Waals surface area contributed by atoms with Crippen LogP contribution in [0.1, 0.15) is 47.9 Å². The second kappa shape index (κ2) is 16.5. The summed E-state index contributed by atoms with van der Waals surface area (Å²) in [6.07, 6.45) is 8.44. The van der Waals surface area contributed by atoms with E-state index in [1.807, 2.05) is 121 Å². The van der Waals surface area contributed by atoms with Crippen LogP contribution in [0.15, 0.2) is 146 Å². The molecule has 0 saturated heterocycles. The maximum atomic E-state index is 6.92. The zero-order valence-electron chi connectivity index (χ0n) is 28.9. The Hall–Kier alpha value is -5.02. The van der Waals surface area contributed by atoms with Crippen LogP contribution in [0, 0.1) is 0 Å². The highest BCUT2D eigenvalue weighted by Crippen LogP contribution is 2.53. The van der Waals surface area contributed by atoms with Crippen molar-refractivity contribution in [2.45, 2.75) is 51.4 Å². The minimum Gasteiger partial charge on any atom is -0.409 e.